The van der Waals surface area contributed by atoms with Gasteiger partial charge in [0.15, 0.2) is 0 Å². The van der Waals surface area contributed by atoms with Crippen LogP contribution in [-0.4, -0.2) is 31.1 Å². The van der Waals surface area contributed by atoms with E-state index in [1.54, 1.807) is 19.1 Å². The van der Waals surface area contributed by atoms with Crippen LogP contribution in [0.4, 0.5) is 11.4 Å². The van der Waals surface area contributed by atoms with E-state index in [0.717, 1.165) is 5.56 Å². The topological polar surface area (TPSA) is 78.9 Å². The van der Waals surface area contributed by atoms with Crippen LogP contribution in [0.5, 0.6) is 11.5 Å². The third-order valence-corrected chi connectivity index (χ3v) is 3.87. The van der Waals surface area contributed by atoms with Crippen molar-refractivity contribution in [1.29, 1.82) is 0 Å². The Hall–Kier alpha value is -2.73. The Bertz CT molecular complexity index is 775. The van der Waals surface area contributed by atoms with Crippen molar-refractivity contribution in [1.82, 2.24) is 0 Å². The third-order valence-electron chi connectivity index (χ3n) is 3.46. The summed E-state index contributed by atoms with van der Waals surface area (Å²) < 4.78 is 5.17. The highest BCUT2D eigenvalue weighted by Gasteiger charge is 2.21. The van der Waals surface area contributed by atoms with Crippen molar-refractivity contribution >= 4 is 34.8 Å². The molecule has 0 saturated heterocycles. The molecule has 2 aromatic carbocycles. The summed E-state index contributed by atoms with van der Waals surface area (Å²) in [5, 5.41) is 12.3. The van der Waals surface area contributed by atoms with Gasteiger partial charge in [0, 0.05) is 23.8 Å². The fraction of sp³-hybridized carbons (Fsp3) is 0.176. The minimum Gasteiger partial charge on any atom is -0.508 e. The number of nitrogens with one attached hydrogen (secondary N) is 1. The maximum Gasteiger partial charge on any atom is 0.316 e. The number of anilines is 2. The molecule has 0 saturated carbocycles. The average Bonchev–Trinajstić information content (AvgIpc) is 2.57. The number of methoxy groups -OCH3 is 1. The number of benzene rings is 2. The quantitative estimate of drug-likeness (QED) is 0.836. The molecule has 0 spiro atoms. The Labute approximate surface area is 144 Å². The lowest BCUT2D eigenvalue weighted by molar-refractivity contribution is -0.134. The predicted octanol–water partition coefficient (Wildman–Crippen LogP) is 2.96. The van der Waals surface area contributed by atoms with Crippen LogP contribution >= 0.6 is 11.6 Å². The number of ether oxygens (including phenoxy) is 1. The van der Waals surface area contributed by atoms with Gasteiger partial charge in [-0.3, -0.25) is 9.59 Å². The molecule has 0 aliphatic carbocycles. The van der Waals surface area contributed by atoms with E-state index in [1.807, 2.05) is 0 Å². The number of hydrogen-bond acceptors (Lipinski definition) is 4. The number of phenolic OH excluding ortho intramolecular Hbond substituents is 1. The third kappa shape index (κ3) is 3.78. The van der Waals surface area contributed by atoms with Crippen LogP contribution in [0.15, 0.2) is 36.4 Å². The lowest BCUT2D eigenvalue weighted by Crippen LogP contribution is -2.37. The second kappa shape index (κ2) is 7.23. The van der Waals surface area contributed by atoms with E-state index in [2.05, 4.69) is 5.32 Å². The summed E-state index contributed by atoms with van der Waals surface area (Å²) in [5.41, 5.74) is 1.58. The van der Waals surface area contributed by atoms with Crippen molar-refractivity contribution < 1.29 is 19.4 Å². The largest absolute Gasteiger partial charge is 0.508 e. The molecule has 2 N–H and O–H groups in total. The Balaban J connectivity index is 2.18. The van der Waals surface area contributed by atoms with Crippen LogP contribution in [0.2, 0.25) is 5.02 Å². The smallest absolute Gasteiger partial charge is 0.316 e. The molecule has 0 radical (unpaired) electrons. The number of carbonyl (C=O) groups excluding carboxylic acids is 2. The first-order valence-electron chi connectivity index (χ1n) is 7.05. The van der Waals surface area contributed by atoms with E-state index in [0.29, 0.717) is 22.1 Å². The number of nitrogens with zero attached hydrogens (tertiary/aromatic N) is 1. The van der Waals surface area contributed by atoms with Crippen LogP contribution in [0.1, 0.15) is 5.56 Å². The molecule has 0 bridgehead atoms. The van der Waals surface area contributed by atoms with Gasteiger partial charge in [0.25, 0.3) is 0 Å². The normalized spacial score (nSPS) is 10.2. The Kier molecular flexibility index (Phi) is 5.31. The van der Waals surface area contributed by atoms with Crippen molar-refractivity contribution in [3.05, 3.63) is 47.0 Å². The monoisotopic (exact) mass is 348 g/mol. The Morgan fingerprint density at radius 3 is 2.42 bits per heavy atom. The van der Waals surface area contributed by atoms with Crippen LogP contribution in [-0.2, 0) is 9.59 Å². The van der Waals surface area contributed by atoms with E-state index < -0.39 is 11.8 Å². The summed E-state index contributed by atoms with van der Waals surface area (Å²) in [5.74, 6) is -1.13. The molecule has 2 amide bonds. The van der Waals surface area contributed by atoms with Crippen LogP contribution in [0.25, 0.3) is 0 Å². The van der Waals surface area contributed by atoms with Gasteiger partial charge in [0.05, 0.1) is 12.8 Å². The van der Waals surface area contributed by atoms with Gasteiger partial charge >= 0.3 is 11.8 Å². The lowest BCUT2D eigenvalue weighted by Gasteiger charge is -2.18. The number of rotatable bonds is 3. The van der Waals surface area contributed by atoms with E-state index in [1.165, 1.54) is 43.3 Å². The molecule has 126 valence electrons. The number of carbonyl (C=O) groups is 2. The number of phenols is 1. The van der Waals surface area contributed by atoms with Crippen molar-refractivity contribution in [2.75, 3.05) is 24.4 Å². The molecule has 0 aliphatic heterocycles. The van der Waals surface area contributed by atoms with Gasteiger partial charge < -0.3 is 20.1 Å². The number of amides is 2. The van der Waals surface area contributed by atoms with Crippen molar-refractivity contribution in [2.24, 2.45) is 0 Å². The van der Waals surface area contributed by atoms with Crippen molar-refractivity contribution in [3.8, 4) is 11.5 Å². The molecule has 0 atom stereocenters. The zero-order valence-electron chi connectivity index (χ0n) is 13.5. The zero-order valence-corrected chi connectivity index (χ0v) is 14.2. The van der Waals surface area contributed by atoms with Crippen LogP contribution in [0, 0.1) is 6.92 Å². The van der Waals surface area contributed by atoms with E-state index in [4.69, 9.17) is 16.3 Å². The van der Waals surface area contributed by atoms with E-state index >= 15 is 0 Å². The van der Waals surface area contributed by atoms with Gasteiger partial charge in [0.1, 0.15) is 11.5 Å². The molecular weight excluding hydrogens is 332 g/mol. The minimum atomic E-state index is -0.814. The fourth-order valence-corrected chi connectivity index (χ4v) is 2.21. The Morgan fingerprint density at radius 1 is 1.21 bits per heavy atom. The predicted molar refractivity (Wildman–Crippen MR) is 92.9 cm³/mol. The minimum absolute atomic E-state index is 0.0745. The molecule has 2 aromatic rings. The highest BCUT2D eigenvalue weighted by molar-refractivity contribution is 6.44. The fourth-order valence-electron chi connectivity index (χ4n) is 2.05. The zero-order chi connectivity index (χ0) is 17.9. The van der Waals surface area contributed by atoms with Crippen molar-refractivity contribution in [2.45, 2.75) is 6.92 Å². The first kappa shape index (κ1) is 17.6. The molecule has 2 rings (SSSR count). The van der Waals surface area contributed by atoms with Gasteiger partial charge in [-0.15, -0.1) is 0 Å². The molecular formula is C17H17ClN2O4. The number of aromatic hydroxyl groups is 1. The summed E-state index contributed by atoms with van der Waals surface area (Å²) in [6.45, 7) is 1.78. The molecule has 0 fully saturated rings. The standard InChI is InChI=1S/C17H17ClN2O4/c1-10-8-14(15(24-3)9-13(10)18)19-16(22)17(23)20(2)11-4-6-12(21)7-5-11/h4-9,21H,1-3H3,(H,19,22). The lowest BCUT2D eigenvalue weighted by atomic mass is 10.2. The first-order chi connectivity index (χ1) is 11.3. The van der Waals surface area contributed by atoms with Gasteiger partial charge in [-0.25, -0.2) is 0 Å². The highest BCUT2D eigenvalue weighted by atomic mass is 35.5. The van der Waals surface area contributed by atoms with Gasteiger partial charge in [0.2, 0.25) is 0 Å². The van der Waals surface area contributed by atoms with E-state index in [-0.39, 0.29) is 5.75 Å². The van der Waals surface area contributed by atoms with Crippen LogP contribution in [0.3, 0.4) is 0 Å². The molecule has 0 heterocycles. The molecule has 0 unspecified atom stereocenters. The second-order valence-electron chi connectivity index (χ2n) is 5.14. The first-order valence-corrected chi connectivity index (χ1v) is 7.43. The number of aryl methyl sites for hydroxylation is 1. The van der Waals surface area contributed by atoms with Crippen LogP contribution < -0.4 is 15.0 Å². The SMILES string of the molecule is COc1cc(Cl)c(C)cc1NC(=O)C(=O)N(C)c1ccc(O)cc1. The maximum absolute atomic E-state index is 12.3. The number of likely N-dealkylation sites (N-methyl/N-ethyl adjacent to an activating group) is 1. The molecule has 24 heavy (non-hydrogen) atoms. The van der Waals surface area contributed by atoms with Gasteiger partial charge in [-0.2, -0.15) is 0 Å². The average molecular weight is 349 g/mol. The molecule has 0 aliphatic rings. The van der Waals surface area contributed by atoms with Crippen molar-refractivity contribution in [3.63, 3.8) is 0 Å². The summed E-state index contributed by atoms with van der Waals surface area (Å²) in [6.07, 6.45) is 0. The summed E-state index contributed by atoms with van der Waals surface area (Å²) in [4.78, 5) is 25.7. The Morgan fingerprint density at radius 2 is 1.83 bits per heavy atom. The molecule has 7 heteroatoms. The number of hydrogen-bond donors (Lipinski definition) is 2. The highest BCUT2D eigenvalue weighted by Crippen LogP contribution is 2.31. The summed E-state index contributed by atoms with van der Waals surface area (Å²) in [6, 6.07) is 9.14. The second-order valence-corrected chi connectivity index (χ2v) is 5.54. The van der Waals surface area contributed by atoms with Gasteiger partial charge in [-0.1, -0.05) is 11.6 Å². The molecule has 6 nitrogen and oxygen atoms in total. The van der Waals surface area contributed by atoms with E-state index in [9.17, 15) is 14.7 Å². The maximum atomic E-state index is 12.3. The summed E-state index contributed by atoms with van der Waals surface area (Å²) >= 11 is 6.02. The van der Waals surface area contributed by atoms with Gasteiger partial charge in [-0.05, 0) is 42.8 Å². The summed E-state index contributed by atoms with van der Waals surface area (Å²) in [7, 11) is 2.92. The number of halogens is 1. The molecule has 0 aromatic heterocycles.